The van der Waals surface area contributed by atoms with Crippen LogP contribution in [0.15, 0.2) is 24.1 Å². The van der Waals surface area contributed by atoms with Crippen LogP contribution in [0, 0.1) is 6.92 Å². The number of ether oxygens (including phenoxy) is 1. The number of nitrogens with zero attached hydrogens (tertiary/aromatic N) is 4. The number of thiazole rings is 1. The molecule has 1 unspecified atom stereocenters. The molecule has 0 aliphatic carbocycles. The van der Waals surface area contributed by atoms with Crippen LogP contribution in [0.1, 0.15) is 22.4 Å². The molecule has 0 saturated carbocycles. The van der Waals surface area contributed by atoms with E-state index in [1.165, 1.54) is 4.88 Å². The van der Waals surface area contributed by atoms with Gasteiger partial charge in [-0.2, -0.15) is 0 Å². The highest BCUT2D eigenvalue weighted by molar-refractivity contribution is 7.09. The van der Waals surface area contributed by atoms with E-state index in [0.29, 0.717) is 0 Å². The SMILES string of the molecule is Cc1cnc(C2CN(Cc3cncs3)CCO2)cn1. The van der Waals surface area contributed by atoms with Crippen molar-refractivity contribution in [1.29, 1.82) is 0 Å². The first kappa shape index (κ1) is 12.7. The molecular weight excluding hydrogens is 260 g/mol. The van der Waals surface area contributed by atoms with Crippen LogP contribution in [0.4, 0.5) is 0 Å². The molecule has 1 fully saturated rings. The zero-order valence-electron chi connectivity index (χ0n) is 10.8. The maximum absolute atomic E-state index is 5.80. The van der Waals surface area contributed by atoms with Crippen molar-refractivity contribution < 1.29 is 4.74 Å². The van der Waals surface area contributed by atoms with Gasteiger partial charge in [0, 0.05) is 36.9 Å². The zero-order valence-corrected chi connectivity index (χ0v) is 11.6. The second kappa shape index (κ2) is 5.73. The van der Waals surface area contributed by atoms with Crippen LogP contribution in [0.2, 0.25) is 0 Å². The zero-order chi connectivity index (χ0) is 13.1. The van der Waals surface area contributed by atoms with Crippen molar-refractivity contribution in [3.8, 4) is 0 Å². The molecule has 2 aromatic rings. The van der Waals surface area contributed by atoms with Crippen molar-refractivity contribution in [3.63, 3.8) is 0 Å². The molecule has 0 amide bonds. The summed E-state index contributed by atoms with van der Waals surface area (Å²) in [5.41, 5.74) is 3.72. The normalized spacial score (nSPS) is 20.6. The molecule has 0 N–H and O–H groups in total. The number of aryl methyl sites for hydroxylation is 1. The molecule has 5 nitrogen and oxygen atoms in total. The molecule has 6 heteroatoms. The third kappa shape index (κ3) is 3.15. The smallest absolute Gasteiger partial charge is 0.114 e. The first-order valence-corrected chi connectivity index (χ1v) is 7.19. The molecule has 3 heterocycles. The second-order valence-electron chi connectivity index (χ2n) is 4.64. The van der Waals surface area contributed by atoms with Gasteiger partial charge in [0.15, 0.2) is 0 Å². The van der Waals surface area contributed by atoms with Gasteiger partial charge in [-0.15, -0.1) is 11.3 Å². The summed E-state index contributed by atoms with van der Waals surface area (Å²) in [7, 11) is 0. The van der Waals surface area contributed by atoms with Gasteiger partial charge in [0.25, 0.3) is 0 Å². The molecule has 3 rings (SSSR count). The fourth-order valence-corrected chi connectivity index (χ4v) is 2.77. The monoisotopic (exact) mass is 276 g/mol. The molecular formula is C13H16N4OS. The summed E-state index contributed by atoms with van der Waals surface area (Å²) in [5, 5.41) is 0. The Bertz CT molecular complexity index is 514. The average molecular weight is 276 g/mol. The Labute approximate surface area is 116 Å². The molecule has 2 aromatic heterocycles. The summed E-state index contributed by atoms with van der Waals surface area (Å²) in [4.78, 5) is 16.5. The van der Waals surface area contributed by atoms with Crippen molar-refractivity contribution >= 4 is 11.3 Å². The minimum atomic E-state index is 0.0229. The van der Waals surface area contributed by atoms with Gasteiger partial charge in [-0.05, 0) is 6.92 Å². The van der Waals surface area contributed by atoms with Crippen molar-refractivity contribution in [3.05, 3.63) is 40.4 Å². The van der Waals surface area contributed by atoms with Crippen molar-refractivity contribution in [2.45, 2.75) is 19.6 Å². The molecule has 0 bridgehead atoms. The maximum Gasteiger partial charge on any atom is 0.114 e. The number of hydrogen-bond donors (Lipinski definition) is 0. The second-order valence-corrected chi connectivity index (χ2v) is 5.62. The third-order valence-electron chi connectivity index (χ3n) is 3.14. The van der Waals surface area contributed by atoms with Gasteiger partial charge in [-0.1, -0.05) is 0 Å². The Morgan fingerprint density at radius 2 is 2.32 bits per heavy atom. The number of aromatic nitrogens is 3. The largest absolute Gasteiger partial charge is 0.369 e. The first-order chi connectivity index (χ1) is 9.31. The molecule has 0 radical (unpaired) electrons. The van der Waals surface area contributed by atoms with Crippen LogP contribution < -0.4 is 0 Å². The fourth-order valence-electron chi connectivity index (χ4n) is 2.13. The van der Waals surface area contributed by atoms with E-state index in [2.05, 4.69) is 19.9 Å². The molecule has 100 valence electrons. The Balaban J connectivity index is 1.66. The summed E-state index contributed by atoms with van der Waals surface area (Å²) in [6.45, 7) is 5.42. The van der Waals surface area contributed by atoms with E-state index in [0.717, 1.165) is 37.6 Å². The van der Waals surface area contributed by atoms with Crippen LogP contribution in [-0.4, -0.2) is 39.5 Å². The quantitative estimate of drug-likeness (QED) is 0.856. The molecule has 1 atom stereocenters. The number of morpholine rings is 1. The third-order valence-corrected chi connectivity index (χ3v) is 3.91. The summed E-state index contributed by atoms with van der Waals surface area (Å²) >= 11 is 1.69. The Morgan fingerprint density at radius 3 is 3.05 bits per heavy atom. The Hall–Kier alpha value is -1.37. The van der Waals surface area contributed by atoms with Crippen molar-refractivity contribution in [1.82, 2.24) is 19.9 Å². The minimum absolute atomic E-state index is 0.0229. The van der Waals surface area contributed by atoms with Crippen molar-refractivity contribution in [2.24, 2.45) is 0 Å². The lowest BCUT2D eigenvalue weighted by Gasteiger charge is -2.32. The summed E-state index contributed by atoms with van der Waals surface area (Å²) < 4.78 is 5.80. The van der Waals surface area contributed by atoms with Crippen LogP contribution in [0.25, 0.3) is 0 Å². The van der Waals surface area contributed by atoms with Crippen LogP contribution in [0.5, 0.6) is 0 Å². The molecule has 1 aliphatic rings. The van der Waals surface area contributed by atoms with E-state index in [-0.39, 0.29) is 6.10 Å². The van der Waals surface area contributed by atoms with E-state index >= 15 is 0 Å². The highest BCUT2D eigenvalue weighted by Gasteiger charge is 2.23. The van der Waals surface area contributed by atoms with Crippen molar-refractivity contribution in [2.75, 3.05) is 19.7 Å². The molecule has 1 saturated heterocycles. The molecule has 0 spiro atoms. The lowest BCUT2D eigenvalue weighted by atomic mass is 10.2. The molecule has 1 aliphatic heterocycles. The fraction of sp³-hybridized carbons (Fsp3) is 0.462. The predicted molar refractivity (Wildman–Crippen MR) is 72.9 cm³/mol. The Morgan fingerprint density at radius 1 is 1.37 bits per heavy atom. The maximum atomic E-state index is 5.80. The van der Waals surface area contributed by atoms with Gasteiger partial charge < -0.3 is 4.74 Å². The number of hydrogen-bond acceptors (Lipinski definition) is 6. The predicted octanol–water partition coefficient (Wildman–Crippen LogP) is 1.82. The topological polar surface area (TPSA) is 51.1 Å². The van der Waals surface area contributed by atoms with Crippen LogP contribution in [-0.2, 0) is 11.3 Å². The van der Waals surface area contributed by atoms with Gasteiger partial charge in [-0.25, -0.2) is 0 Å². The molecule has 19 heavy (non-hydrogen) atoms. The lowest BCUT2D eigenvalue weighted by Crippen LogP contribution is -2.38. The summed E-state index contributed by atoms with van der Waals surface area (Å²) in [6, 6.07) is 0. The van der Waals surface area contributed by atoms with Gasteiger partial charge in [0.1, 0.15) is 6.10 Å². The highest BCUT2D eigenvalue weighted by Crippen LogP contribution is 2.21. The summed E-state index contributed by atoms with van der Waals surface area (Å²) in [5.74, 6) is 0. The number of rotatable bonds is 3. The van der Waals surface area contributed by atoms with E-state index in [4.69, 9.17) is 4.74 Å². The molecule has 0 aromatic carbocycles. The lowest BCUT2D eigenvalue weighted by molar-refractivity contribution is -0.0348. The average Bonchev–Trinajstić information content (AvgIpc) is 2.93. The Kier molecular flexibility index (Phi) is 3.82. The van der Waals surface area contributed by atoms with Gasteiger partial charge >= 0.3 is 0 Å². The van der Waals surface area contributed by atoms with Crippen LogP contribution in [0.3, 0.4) is 0 Å². The van der Waals surface area contributed by atoms with Crippen LogP contribution >= 0.6 is 11.3 Å². The van der Waals surface area contributed by atoms with E-state index in [9.17, 15) is 0 Å². The highest BCUT2D eigenvalue weighted by atomic mass is 32.1. The minimum Gasteiger partial charge on any atom is -0.369 e. The van der Waals surface area contributed by atoms with E-state index < -0.39 is 0 Å². The van der Waals surface area contributed by atoms with Gasteiger partial charge in [-0.3, -0.25) is 19.9 Å². The summed E-state index contributed by atoms with van der Waals surface area (Å²) in [6.07, 6.45) is 5.56. The first-order valence-electron chi connectivity index (χ1n) is 6.31. The standard InChI is InChI=1S/C13H16N4OS/c1-10-4-16-12(6-15-10)13-8-17(2-3-18-13)7-11-5-14-9-19-11/h4-6,9,13H,2-3,7-8H2,1H3. The van der Waals surface area contributed by atoms with Gasteiger partial charge in [0.05, 0.1) is 29.7 Å². The van der Waals surface area contributed by atoms with Gasteiger partial charge in [0.2, 0.25) is 0 Å². The van der Waals surface area contributed by atoms with E-state index in [1.54, 1.807) is 17.5 Å². The van der Waals surface area contributed by atoms with E-state index in [1.807, 2.05) is 24.8 Å².